The Labute approximate surface area is 115 Å². The van der Waals surface area contributed by atoms with Gasteiger partial charge in [0.1, 0.15) is 5.82 Å². The smallest absolute Gasteiger partial charge is 0.358 e. The van der Waals surface area contributed by atoms with E-state index in [2.05, 4.69) is 14.7 Å². The predicted molar refractivity (Wildman–Crippen MR) is 66.9 cm³/mol. The molecule has 3 rings (SSSR count). The number of hydrogen-bond donors (Lipinski definition) is 1. The minimum Gasteiger partial charge on any atom is -0.358 e. The maximum atomic E-state index is 13.0. The van der Waals surface area contributed by atoms with E-state index in [1.165, 1.54) is 0 Å². The molecule has 1 heterocycles. The summed E-state index contributed by atoms with van der Waals surface area (Å²) >= 11 is 1.00. The van der Waals surface area contributed by atoms with E-state index < -0.39 is 17.6 Å². The number of hydrogen-bond acceptors (Lipinski definition) is 4. The van der Waals surface area contributed by atoms with Crippen molar-refractivity contribution in [3.8, 4) is 11.4 Å². The molecule has 1 aliphatic carbocycles. The summed E-state index contributed by atoms with van der Waals surface area (Å²) < 4.78 is 55.7. The van der Waals surface area contributed by atoms with Crippen LogP contribution < -0.4 is 5.32 Å². The third kappa shape index (κ3) is 2.74. The highest BCUT2D eigenvalue weighted by Gasteiger charge is 2.35. The van der Waals surface area contributed by atoms with Gasteiger partial charge in [0.25, 0.3) is 0 Å². The molecule has 2 aromatic rings. The van der Waals surface area contributed by atoms with E-state index in [1.54, 1.807) is 0 Å². The maximum Gasteiger partial charge on any atom is 0.417 e. The summed E-state index contributed by atoms with van der Waals surface area (Å²) in [5.41, 5.74) is -1.27. The number of alkyl halides is 3. The van der Waals surface area contributed by atoms with Gasteiger partial charge >= 0.3 is 6.18 Å². The van der Waals surface area contributed by atoms with Crippen LogP contribution in [0.3, 0.4) is 0 Å². The molecule has 0 atom stereocenters. The predicted octanol–water partition coefficient (Wildman–Crippen LogP) is 3.94. The first-order valence-corrected chi connectivity index (χ1v) is 6.68. The van der Waals surface area contributed by atoms with Crippen LogP contribution in [-0.2, 0) is 6.18 Å². The first-order chi connectivity index (χ1) is 9.43. The molecule has 1 aromatic carbocycles. The van der Waals surface area contributed by atoms with Crippen LogP contribution >= 0.6 is 11.5 Å². The second-order valence-corrected chi connectivity index (χ2v) is 5.28. The van der Waals surface area contributed by atoms with Crippen molar-refractivity contribution in [1.82, 2.24) is 9.36 Å². The zero-order valence-corrected chi connectivity index (χ0v) is 10.9. The van der Waals surface area contributed by atoms with Crippen molar-refractivity contribution in [1.29, 1.82) is 0 Å². The lowest BCUT2D eigenvalue weighted by Gasteiger charge is -2.10. The third-order valence-corrected chi connectivity index (χ3v) is 3.51. The van der Waals surface area contributed by atoms with E-state index in [0.717, 1.165) is 36.5 Å². The number of anilines is 1. The van der Waals surface area contributed by atoms with Crippen LogP contribution in [0.5, 0.6) is 0 Å². The molecule has 0 amide bonds. The molecule has 0 aliphatic heterocycles. The normalized spacial score (nSPS) is 15.4. The Balaban J connectivity index is 1.98. The number of nitrogens with zero attached hydrogens (tertiary/aromatic N) is 2. The summed E-state index contributed by atoms with van der Waals surface area (Å²) in [6, 6.07) is 2.83. The Morgan fingerprint density at radius 2 is 2.00 bits per heavy atom. The van der Waals surface area contributed by atoms with Crippen LogP contribution in [0.2, 0.25) is 0 Å². The second kappa shape index (κ2) is 4.69. The molecule has 8 heteroatoms. The molecular weight excluding hydrogens is 294 g/mol. The number of rotatable bonds is 3. The molecule has 1 aliphatic rings. The van der Waals surface area contributed by atoms with Crippen molar-refractivity contribution >= 4 is 16.7 Å². The van der Waals surface area contributed by atoms with Gasteiger partial charge < -0.3 is 5.32 Å². The minimum atomic E-state index is -4.65. The van der Waals surface area contributed by atoms with Crippen LogP contribution in [0.25, 0.3) is 11.4 Å². The second-order valence-electron chi connectivity index (χ2n) is 4.53. The largest absolute Gasteiger partial charge is 0.417 e. The molecule has 0 unspecified atom stereocenters. The SMILES string of the molecule is Fc1ccc(-c2nsc(NC3CC3)n2)c(C(F)(F)F)c1. The molecule has 106 valence electrons. The van der Waals surface area contributed by atoms with Crippen molar-refractivity contribution < 1.29 is 17.6 Å². The van der Waals surface area contributed by atoms with Crippen molar-refractivity contribution in [3.05, 3.63) is 29.6 Å². The third-order valence-electron chi connectivity index (χ3n) is 2.86. The van der Waals surface area contributed by atoms with Crippen molar-refractivity contribution in [3.63, 3.8) is 0 Å². The molecule has 0 bridgehead atoms. The quantitative estimate of drug-likeness (QED) is 0.873. The fourth-order valence-corrected chi connectivity index (χ4v) is 2.40. The zero-order valence-electron chi connectivity index (χ0n) is 10.0. The Morgan fingerprint density at radius 1 is 1.25 bits per heavy atom. The molecule has 0 radical (unpaired) electrons. The molecule has 1 N–H and O–H groups in total. The number of benzene rings is 1. The van der Waals surface area contributed by atoms with Crippen LogP contribution in [0.15, 0.2) is 18.2 Å². The molecule has 20 heavy (non-hydrogen) atoms. The highest BCUT2D eigenvalue weighted by molar-refractivity contribution is 7.09. The first kappa shape index (κ1) is 13.3. The van der Waals surface area contributed by atoms with E-state index in [4.69, 9.17) is 0 Å². The minimum absolute atomic E-state index is 0.0366. The Kier molecular flexibility index (Phi) is 3.12. The molecule has 0 spiro atoms. The zero-order chi connectivity index (χ0) is 14.3. The van der Waals surface area contributed by atoms with Gasteiger partial charge in [-0.05, 0) is 31.0 Å². The van der Waals surface area contributed by atoms with Crippen molar-refractivity contribution in [2.24, 2.45) is 0 Å². The van der Waals surface area contributed by atoms with Gasteiger partial charge in [0.15, 0.2) is 5.82 Å². The average Bonchev–Trinajstić information content (AvgIpc) is 3.05. The Hall–Kier alpha value is -1.70. The number of halogens is 4. The van der Waals surface area contributed by atoms with E-state index in [0.29, 0.717) is 17.2 Å². The molecule has 3 nitrogen and oxygen atoms in total. The van der Waals surface area contributed by atoms with Crippen molar-refractivity contribution in [2.45, 2.75) is 25.1 Å². The highest BCUT2D eigenvalue weighted by atomic mass is 32.1. The Morgan fingerprint density at radius 3 is 2.65 bits per heavy atom. The van der Waals surface area contributed by atoms with Gasteiger partial charge in [0.05, 0.1) is 5.56 Å². The molecule has 1 fully saturated rings. The molecule has 0 saturated heterocycles. The van der Waals surface area contributed by atoms with Gasteiger partial charge in [0.2, 0.25) is 5.13 Å². The molecule has 1 saturated carbocycles. The van der Waals surface area contributed by atoms with Crippen molar-refractivity contribution in [2.75, 3.05) is 5.32 Å². The van der Waals surface area contributed by atoms with Gasteiger partial charge in [0, 0.05) is 23.1 Å². The summed E-state index contributed by atoms with van der Waals surface area (Å²) in [6.07, 6.45) is -2.59. The first-order valence-electron chi connectivity index (χ1n) is 5.91. The maximum absolute atomic E-state index is 13.0. The average molecular weight is 303 g/mol. The summed E-state index contributed by atoms with van der Waals surface area (Å²) in [5, 5.41) is 3.55. The fourth-order valence-electron chi connectivity index (χ4n) is 1.74. The standard InChI is InChI=1S/C12H9F4N3S/c13-6-1-4-8(9(5-6)12(14,15)16)10-18-11(20-19-10)17-7-2-3-7/h1,4-5,7H,2-3H2,(H,17,18,19). The van der Waals surface area contributed by atoms with Crippen LogP contribution in [0, 0.1) is 5.82 Å². The van der Waals surface area contributed by atoms with E-state index >= 15 is 0 Å². The topological polar surface area (TPSA) is 37.8 Å². The van der Waals surface area contributed by atoms with E-state index in [9.17, 15) is 17.6 Å². The summed E-state index contributed by atoms with van der Waals surface area (Å²) in [5.74, 6) is -0.974. The lowest BCUT2D eigenvalue weighted by molar-refractivity contribution is -0.137. The van der Waals surface area contributed by atoms with E-state index in [1.807, 2.05) is 0 Å². The van der Waals surface area contributed by atoms with Crippen LogP contribution in [0.1, 0.15) is 18.4 Å². The van der Waals surface area contributed by atoms with Crippen LogP contribution in [-0.4, -0.2) is 15.4 Å². The lowest BCUT2D eigenvalue weighted by Crippen LogP contribution is -2.08. The number of nitrogens with one attached hydrogen (secondary N) is 1. The summed E-state index contributed by atoms with van der Waals surface area (Å²) in [6.45, 7) is 0. The highest BCUT2D eigenvalue weighted by Crippen LogP contribution is 2.37. The summed E-state index contributed by atoms with van der Waals surface area (Å²) in [4.78, 5) is 4.04. The lowest BCUT2D eigenvalue weighted by atomic mass is 10.1. The van der Waals surface area contributed by atoms with Gasteiger partial charge in [-0.2, -0.15) is 22.5 Å². The molecular formula is C12H9F4N3S. The molecule has 1 aromatic heterocycles. The van der Waals surface area contributed by atoms with Gasteiger partial charge in [-0.3, -0.25) is 0 Å². The van der Waals surface area contributed by atoms with Gasteiger partial charge in [-0.25, -0.2) is 4.39 Å². The van der Waals surface area contributed by atoms with E-state index in [-0.39, 0.29) is 11.4 Å². The van der Waals surface area contributed by atoms with Gasteiger partial charge in [-0.1, -0.05) is 0 Å². The van der Waals surface area contributed by atoms with Gasteiger partial charge in [-0.15, -0.1) is 0 Å². The number of aromatic nitrogens is 2. The monoisotopic (exact) mass is 303 g/mol. The Bertz CT molecular complexity index is 634. The fraction of sp³-hybridized carbons (Fsp3) is 0.333. The van der Waals surface area contributed by atoms with Crippen LogP contribution in [0.4, 0.5) is 22.7 Å². The summed E-state index contributed by atoms with van der Waals surface area (Å²) in [7, 11) is 0.